The normalized spacial score (nSPS) is 11.7. The molecule has 1 rings (SSSR count). The van der Waals surface area contributed by atoms with E-state index in [1.807, 2.05) is 31.2 Å². The Morgan fingerprint density at radius 2 is 2.00 bits per heavy atom. The SMILES string of the molecule is CCOC(=S)SC(CCC(=O)CCl)CN(C(C)=O)c1ccc(Br)cc1. The molecule has 1 amide bonds. The van der Waals surface area contributed by atoms with Gasteiger partial charge in [0.25, 0.3) is 0 Å². The van der Waals surface area contributed by atoms with Crippen LogP contribution in [0.5, 0.6) is 0 Å². The average Bonchev–Trinajstić information content (AvgIpc) is 2.57. The number of ether oxygens (including phenoxy) is 1. The minimum Gasteiger partial charge on any atom is -0.479 e. The molecule has 0 spiro atoms. The minimum atomic E-state index is -0.0704. The molecule has 0 heterocycles. The van der Waals surface area contributed by atoms with E-state index in [0.29, 0.717) is 30.4 Å². The van der Waals surface area contributed by atoms with E-state index in [2.05, 4.69) is 15.9 Å². The van der Waals surface area contributed by atoms with Crippen molar-refractivity contribution in [3.63, 3.8) is 0 Å². The maximum atomic E-state index is 12.1. The fourth-order valence-corrected chi connectivity index (χ4v) is 3.95. The van der Waals surface area contributed by atoms with Gasteiger partial charge in [0.15, 0.2) is 0 Å². The summed E-state index contributed by atoms with van der Waals surface area (Å²) in [5, 5.41) is -0.0567. The van der Waals surface area contributed by atoms with Gasteiger partial charge in [-0.15, -0.1) is 11.6 Å². The van der Waals surface area contributed by atoms with Crippen LogP contribution in [0.25, 0.3) is 0 Å². The third kappa shape index (κ3) is 8.53. The van der Waals surface area contributed by atoms with E-state index in [1.165, 1.54) is 18.7 Å². The molecule has 25 heavy (non-hydrogen) atoms. The first-order chi connectivity index (χ1) is 11.9. The van der Waals surface area contributed by atoms with Gasteiger partial charge < -0.3 is 9.64 Å². The molecule has 0 aliphatic carbocycles. The largest absolute Gasteiger partial charge is 0.479 e. The number of carbonyl (C=O) groups is 2. The van der Waals surface area contributed by atoms with Crippen molar-refractivity contribution in [1.82, 2.24) is 0 Å². The second kappa shape index (κ2) is 11.9. The van der Waals surface area contributed by atoms with E-state index < -0.39 is 0 Å². The minimum absolute atomic E-state index is 0.00354. The number of carbonyl (C=O) groups excluding carboxylic acids is 2. The van der Waals surface area contributed by atoms with E-state index >= 15 is 0 Å². The number of halogens is 2. The lowest BCUT2D eigenvalue weighted by Gasteiger charge is -2.26. The Balaban J connectivity index is 2.89. The highest BCUT2D eigenvalue weighted by Gasteiger charge is 2.21. The Hall–Kier alpha value is -0.630. The first-order valence-corrected chi connectivity index (χ1v) is 10.4. The average molecular weight is 467 g/mol. The molecular formula is C17H21BrClNO3S2. The van der Waals surface area contributed by atoms with Crippen LogP contribution in [-0.2, 0) is 14.3 Å². The number of benzene rings is 1. The number of nitrogens with zero attached hydrogens (tertiary/aromatic N) is 1. The van der Waals surface area contributed by atoms with Gasteiger partial charge in [0, 0.05) is 35.3 Å². The van der Waals surface area contributed by atoms with Gasteiger partial charge in [-0.25, -0.2) is 0 Å². The highest BCUT2D eigenvalue weighted by molar-refractivity contribution is 9.10. The number of anilines is 1. The van der Waals surface area contributed by atoms with Crippen LogP contribution in [0.15, 0.2) is 28.7 Å². The number of rotatable bonds is 9. The van der Waals surface area contributed by atoms with Gasteiger partial charge in [-0.3, -0.25) is 9.59 Å². The standard InChI is InChI=1S/C17H21BrClNO3S2/c1-3-23-17(24)25-16(9-8-15(22)10-19)11-20(12(2)21)14-6-4-13(18)5-7-14/h4-7,16H,3,8-11H2,1-2H3. The van der Waals surface area contributed by atoms with E-state index in [0.717, 1.165) is 10.2 Å². The number of thiocarbonyl (C=S) groups is 1. The molecule has 8 heteroatoms. The zero-order valence-electron chi connectivity index (χ0n) is 14.2. The summed E-state index contributed by atoms with van der Waals surface area (Å²) in [5.41, 5.74) is 0.798. The van der Waals surface area contributed by atoms with Crippen molar-refractivity contribution >= 4 is 73.3 Å². The predicted molar refractivity (Wildman–Crippen MR) is 113 cm³/mol. The van der Waals surface area contributed by atoms with Gasteiger partial charge in [0.05, 0.1) is 12.5 Å². The van der Waals surface area contributed by atoms with Crippen molar-refractivity contribution in [3.8, 4) is 0 Å². The van der Waals surface area contributed by atoms with Gasteiger partial charge in [0.2, 0.25) is 10.3 Å². The third-order valence-electron chi connectivity index (χ3n) is 3.32. The van der Waals surface area contributed by atoms with Gasteiger partial charge in [-0.2, -0.15) is 0 Å². The highest BCUT2D eigenvalue weighted by Crippen LogP contribution is 2.25. The van der Waals surface area contributed by atoms with Gasteiger partial charge in [0.1, 0.15) is 5.78 Å². The summed E-state index contributed by atoms with van der Waals surface area (Å²) < 4.78 is 6.70. The summed E-state index contributed by atoms with van der Waals surface area (Å²) in [6.45, 7) is 4.31. The molecule has 0 saturated heterocycles. The van der Waals surface area contributed by atoms with Crippen LogP contribution >= 0.6 is 51.5 Å². The molecule has 1 unspecified atom stereocenters. The van der Waals surface area contributed by atoms with E-state index in [9.17, 15) is 9.59 Å². The smallest absolute Gasteiger partial charge is 0.223 e. The lowest BCUT2D eigenvalue weighted by atomic mass is 10.1. The second-order valence-corrected chi connectivity index (χ2v) is 8.33. The summed E-state index contributed by atoms with van der Waals surface area (Å²) in [5.74, 6) is -0.0947. The van der Waals surface area contributed by atoms with Gasteiger partial charge >= 0.3 is 0 Å². The van der Waals surface area contributed by atoms with Gasteiger partial charge in [-0.05, 0) is 49.8 Å². The second-order valence-electron chi connectivity index (χ2n) is 5.24. The Labute approximate surface area is 171 Å². The van der Waals surface area contributed by atoms with Crippen LogP contribution in [0, 0.1) is 0 Å². The number of thioether (sulfide) groups is 1. The number of alkyl halides is 1. The van der Waals surface area contributed by atoms with Crippen molar-refractivity contribution < 1.29 is 14.3 Å². The van der Waals surface area contributed by atoms with Crippen LogP contribution < -0.4 is 4.90 Å². The van der Waals surface area contributed by atoms with Gasteiger partial charge in [-0.1, -0.05) is 27.7 Å². The topological polar surface area (TPSA) is 46.6 Å². The monoisotopic (exact) mass is 465 g/mol. The molecule has 4 nitrogen and oxygen atoms in total. The van der Waals surface area contributed by atoms with Crippen LogP contribution in [0.3, 0.4) is 0 Å². The van der Waals surface area contributed by atoms with Crippen LogP contribution in [0.4, 0.5) is 5.69 Å². The number of ketones is 1. The van der Waals surface area contributed by atoms with E-state index in [1.54, 1.807) is 4.90 Å². The fraction of sp³-hybridized carbons (Fsp3) is 0.471. The van der Waals surface area contributed by atoms with Crippen molar-refractivity contribution in [2.24, 2.45) is 0 Å². The molecule has 0 N–H and O–H groups in total. The lowest BCUT2D eigenvalue weighted by Crippen LogP contribution is -2.35. The first-order valence-electron chi connectivity index (χ1n) is 7.82. The Morgan fingerprint density at radius 1 is 1.36 bits per heavy atom. The number of Topliss-reactive ketones (excluding diaryl/α,β-unsaturated/α-hetero) is 1. The molecule has 138 valence electrons. The summed E-state index contributed by atoms with van der Waals surface area (Å²) in [4.78, 5) is 25.4. The van der Waals surface area contributed by atoms with Crippen molar-refractivity contribution in [2.45, 2.75) is 31.9 Å². The molecule has 0 aliphatic heterocycles. The Morgan fingerprint density at radius 3 is 2.52 bits per heavy atom. The molecule has 0 aliphatic rings. The van der Waals surface area contributed by atoms with Crippen molar-refractivity contribution in [3.05, 3.63) is 28.7 Å². The van der Waals surface area contributed by atoms with Crippen molar-refractivity contribution in [1.29, 1.82) is 0 Å². The van der Waals surface area contributed by atoms with Crippen LogP contribution in [-0.4, -0.2) is 40.4 Å². The maximum absolute atomic E-state index is 12.1. The number of hydrogen-bond acceptors (Lipinski definition) is 5. The zero-order chi connectivity index (χ0) is 18.8. The number of amides is 1. The molecule has 0 radical (unpaired) electrons. The molecule has 0 fully saturated rings. The first kappa shape index (κ1) is 22.4. The predicted octanol–water partition coefficient (Wildman–Crippen LogP) is 4.81. The van der Waals surface area contributed by atoms with Crippen LogP contribution in [0.1, 0.15) is 26.7 Å². The van der Waals surface area contributed by atoms with E-state index in [4.69, 9.17) is 28.6 Å². The molecule has 0 bridgehead atoms. The maximum Gasteiger partial charge on any atom is 0.223 e. The van der Waals surface area contributed by atoms with E-state index in [-0.39, 0.29) is 22.8 Å². The molecule has 0 aromatic heterocycles. The molecule has 1 aromatic carbocycles. The zero-order valence-corrected chi connectivity index (χ0v) is 18.1. The quantitative estimate of drug-likeness (QED) is 0.386. The third-order valence-corrected chi connectivity index (χ3v) is 5.59. The summed E-state index contributed by atoms with van der Waals surface area (Å²) in [6, 6.07) is 7.51. The highest BCUT2D eigenvalue weighted by atomic mass is 79.9. The number of hydrogen-bond donors (Lipinski definition) is 0. The van der Waals surface area contributed by atoms with Crippen molar-refractivity contribution in [2.75, 3.05) is 23.9 Å². The summed E-state index contributed by atoms with van der Waals surface area (Å²) in [6.07, 6.45) is 0.922. The molecule has 0 saturated carbocycles. The summed E-state index contributed by atoms with van der Waals surface area (Å²) in [7, 11) is 0. The Kier molecular flexibility index (Phi) is 10.7. The molecule has 1 atom stereocenters. The lowest BCUT2D eigenvalue weighted by molar-refractivity contribution is -0.117. The summed E-state index contributed by atoms with van der Waals surface area (Å²) >= 11 is 15.6. The molecule has 1 aromatic rings. The Bertz CT molecular complexity index is 598. The van der Waals surface area contributed by atoms with Crippen LogP contribution in [0.2, 0.25) is 0 Å². The fourth-order valence-electron chi connectivity index (χ4n) is 2.10. The molecular weight excluding hydrogens is 446 g/mol.